The number of sulfonamides is 1. The lowest BCUT2D eigenvalue weighted by Crippen LogP contribution is -2.44. The van der Waals surface area contributed by atoms with Crippen molar-refractivity contribution >= 4 is 26.0 Å². The molecular weight excluding hydrogens is 286 g/mol. The summed E-state index contributed by atoms with van der Waals surface area (Å²) in [7, 11) is -3.17. The molecule has 0 aliphatic carbocycles. The Kier molecular flexibility index (Phi) is 2.21. The topological polar surface area (TPSA) is 64.6 Å². The van der Waals surface area contributed by atoms with Crippen molar-refractivity contribution in [3.63, 3.8) is 0 Å². The van der Waals surface area contributed by atoms with E-state index in [1.165, 1.54) is 0 Å². The fourth-order valence-corrected chi connectivity index (χ4v) is 4.86. The SMILES string of the molecule is CC(Br)OC1C2CC3C(O2)C1NS3(=O)=O. The number of hydrogen-bond donors (Lipinski definition) is 1. The molecule has 3 rings (SSSR count). The summed E-state index contributed by atoms with van der Waals surface area (Å²) in [5.74, 6) is 0. The minimum atomic E-state index is -3.17. The van der Waals surface area contributed by atoms with Gasteiger partial charge in [0.05, 0.1) is 18.2 Å². The van der Waals surface area contributed by atoms with Crippen molar-refractivity contribution in [1.29, 1.82) is 0 Å². The van der Waals surface area contributed by atoms with Crippen LogP contribution in [0.1, 0.15) is 13.3 Å². The highest BCUT2D eigenvalue weighted by atomic mass is 79.9. The molecule has 3 aliphatic heterocycles. The van der Waals surface area contributed by atoms with Crippen LogP contribution in [0.25, 0.3) is 0 Å². The second kappa shape index (κ2) is 3.16. The molecule has 3 fully saturated rings. The fourth-order valence-electron chi connectivity index (χ4n) is 2.76. The summed E-state index contributed by atoms with van der Waals surface area (Å²) in [5.41, 5.74) is 0. The maximum Gasteiger partial charge on any atom is 0.217 e. The van der Waals surface area contributed by atoms with Crippen LogP contribution in [0.4, 0.5) is 0 Å². The minimum absolute atomic E-state index is 0.0743. The average molecular weight is 298 g/mol. The van der Waals surface area contributed by atoms with E-state index in [4.69, 9.17) is 9.47 Å². The highest BCUT2D eigenvalue weighted by Crippen LogP contribution is 2.44. The van der Waals surface area contributed by atoms with Gasteiger partial charge < -0.3 is 9.47 Å². The summed E-state index contributed by atoms with van der Waals surface area (Å²) >= 11 is 3.30. The van der Waals surface area contributed by atoms with Gasteiger partial charge in [-0.1, -0.05) is 15.9 Å². The summed E-state index contributed by atoms with van der Waals surface area (Å²) in [4.78, 5) is 0. The van der Waals surface area contributed by atoms with E-state index in [1.807, 2.05) is 6.92 Å². The van der Waals surface area contributed by atoms with Gasteiger partial charge in [-0.3, -0.25) is 0 Å². The van der Waals surface area contributed by atoms with Gasteiger partial charge in [0, 0.05) is 0 Å². The zero-order chi connectivity index (χ0) is 10.8. The number of nitrogens with one attached hydrogen (secondary N) is 1. The Morgan fingerprint density at radius 3 is 3.00 bits per heavy atom. The van der Waals surface area contributed by atoms with E-state index in [0.717, 1.165) is 0 Å². The van der Waals surface area contributed by atoms with Crippen LogP contribution in [-0.4, -0.2) is 43.0 Å². The molecule has 0 amide bonds. The smallest absolute Gasteiger partial charge is 0.217 e. The van der Waals surface area contributed by atoms with Gasteiger partial charge in [0.2, 0.25) is 10.0 Å². The van der Waals surface area contributed by atoms with Crippen LogP contribution < -0.4 is 4.72 Å². The van der Waals surface area contributed by atoms with Crippen LogP contribution in [-0.2, 0) is 19.5 Å². The molecule has 0 aromatic carbocycles. The first kappa shape index (κ1) is 10.5. The van der Waals surface area contributed by atoms with Crippen molar-refractivity contribution < 1.29 is 17.9 Å². The zero-order valence-corrected chi connectivity index (χ0v) is 10.5. The molecule has 0 spiro atoms. The minimum Gasteiger partial charge on any atom is -0.369 e. The molecule has 6 unspecified atom stereocenters. The fraction of sp³-hybridized carbons (Fsp3) is 1.00. The summed E-state index contributed by atoms with van der Waals surface area (Å²) < 4.78 is 37.2. The Balaban J connectivity index is 1.88. The van der Waals surface area contributed by atoms with Crippen molar-refractivity contribution in [3.8, 4) is 0 Å². The summed E-state index contributed by atoms with van der Waals surface area (Å²) in [5, 5.41) is -0.452. The molecule has 7 heteroatoms. The molecule has 0 aromatic heterocycles. The molecule has 86 valence electrons. The van der Waals surface area contributed by atoms with Gasteiger partial charge in [-0.05, 0) is 13.3 Å². The predicted molar refractivity (Wildman–Crippen MR) is 56.2 cm³/mol. The Bertz CT molecular complexity index is 384. The van der Waals surface area contributed by atoms with Gasteiger partial charge >= 0.3 is 0 Å². The first-order valence-electron chi connectivity index (χ1n) is 4.95. The van der Waals surface area contributed by atoms with E-state index in [1.54, 1.807) is 0 Å². The lowest BCUT2D eigenvalue weighted by atomic mass is 9.93. The Morgan fingerprint density at radius 1 is 1.60 bits per heavy atom. The Hall–Kier alpha value is 0.310. The van der Waals surface area contributed by atoms with Crippen LogP contribution in [0.15, 0.2) is 0 Å². The lowest BCUT2D eigenvalue weighted by molar-refractivity contribution is -0.00918. The Morgan fingerprint density at radius 2 is 2.33 bits per heavy atom. The second-order valence-electron chi connectivity index (χ2n) is 4.25. The molecule has 6 atom stereocenters. The van der Waals surface area contributed by atoms with Gasteiger partial charge in [-0.2, -0.15) is 0 Å². The normalized spacial score (nSPS) is 52.3. The monoisotopic (exact) mass is 297 g/mol. The van der Waals surface area contributed by atoms with Crippen molar-refractivity contribution in [3.05, 3.63) is 0 Å². The van der Waals surface area contributed by atoms with Gasteiger partial charge in [0.1, 0.15) is 16.4 Å². The molecule has 0 saturated carbocycles. The van der Waals surface area contributed by atoms with E-state index in [2.05, 4.69) is 20.7 Å². The number of alkyl halides is 1. The third-order valence-corrected chi connectivity index (χ3v) is 5.36. The molecule has 15 heavy (non-hydrogen) atoms. The van der Waals surface area contributed by atoms with E-state index < -0.39 is 10.0 Å². The van der Waals surface area contributed by atoms with Crippen LogP contribution in [0.2, 0.25) is 0 Å². The maximum absolute atomic E-state index is 11.7. The number of rotatable bonds is 2. The van der Waals surface area contributed by atoms with Crippen LogP contribution in [0.3, 0.4) is 0 Å². The predicted octanol–water partition coefficient (Wildman–Crippen LogP) is -0.0462. The van der Waals surface area contributed by atoms with Crippen molar-refractivity contribution in [1.82, 2.24) is 4.72 Å². The van der Waals surface area contributed by atoms with E-state index in [9.17, 15) is 8.42 Å². The summed E-state index contributed by atoms with van der Waals surface area (Å²) in [6.45, 7) is 1.87. The number of ether oxygens (including phenoxy) is 2. The van der Waals surface area contributed by atoms with Gasteiger partial charge in [-0.25, -0.2) is 13.1 Å². The van der Waals surface area contributed by atoms with Crippen LogP contribution in [0, 0.1) is 0 Å². The molecule has 2 bridgehead atoms. The largest absolute Gasteiger partial charge is 0.369 e. The number of halogens is 1. The van der Waals surface area contributed by atoms with Crippen LogP contribution in [0.5, 0.6) is 0 Å². The Labute approximate surface area is 96.7 Å². The third-order valence-electron chi connectivity index (χ3n) is 3.28. The first-order chi connectivity index (χ1) is 6.99. The van der Waals surface area contributed by atoms with Crippen molar-refractivity contribution in [2.45, 2.75) is 48.0 Å². The number of fused-ring (bicyclic) bond motifs is 1. The molecule has 3 heterocycles. The molecule has 0 radical (unpaired) electrons. The molecule has 0 aromatic rings. The van der Waals surface area contributed by atoms with E-state index in [-0.39, 0.29) is 34.6 Å². The highest BCUT2D eigenvalue weighted by molar-refractivity contribution is 9.09. The maximum atomic E-state index is 11.7. The van der Waals surface area contributed by atoms with Crippen LogP contribution >= 0.6 is 15.9 Å². The molecule has 3 saturated heterocycles. The molecular formula is C8H12BrNO4S. The quantitative estimate of drug-likeness (QED) is 0.726. The number of hydrogen-bond acceptors (Lipinski definition) is 4. The third kappa shape index (κ3) is 1.40. The average Bonchev–Trinajstić information content (AvgIpc) is 2.67. The molecule has 5 nitrogen and oxygen atoms in total. The molecule has 3 aliphatic rings. The zero-order valence-electron chi connectivity index (χ0n) is 8.09. The summed E-state index contributed by atoms with van der Waals surface area (Å²) in [6.07, 6.45) is 0.116. The van der Waals surface area contributed by atoms with Crippen molar-refractivity contribution in [2.75, 3.05) is 0 Å². The first-order valence-corrected chi connectivity index (χ1v) is 7.41. The lowest BCUT2D eigenvalue weighted by Gasteiger charge is -2.24. The van der Waals surface area contributed by atoms with Gasteiger partial charge in [0.25, 0.3) is 0 Å². The van der Waals surface area contributed by atoms with Gasteiger partial charge in [0.15, 0.2) is 0 Å². The van der Waals surface area contributed by atoms with E-state index in [0.29, 0.717) is 6.42 Å². The summed E-state index contributed by atoms with van der Waals surface area (Å²) in [6, 6.07) is -0.196. The van der Waals surface area contributed by atoms with E-state index >= 15 is 0 Å². The highest BCUT2D eigenvalue weighted by Gasteiger charge is 2.64. The van der Waals surface area contributed by atoms with Crippen molar-refractivity contribution in [2.24, 2.45) is 0 Å². The van der Waals surface area contributed by atoms with Gasteiger partial charge in [-0.15, -0.1) is 0 Å². The standard InChI is InChI=1S/C8H12BrNO4S/c1-3(9)13-7-4-2-5-8(14-4)6(7)10-15(5,11)12/h3-8,10H,2H2,1H3. The second-order valence-corrected chi connectivity index (χ2v) is 7.47. The molecule has 1 N–H and O–H groups in total.